The van der Waals surface area contributed by atoms with Gasteiger partial charge in [0, 0.05) is 0 Å². The number of esters is 1. The summed E-state index contributed by atoms with van der Waals surface area (Å²) in [6.45, 7) is 4.41. The molecule has 1 saturated carbocycles. The molecule has 0 aromatic carbocycles. The Kier molecular flexibility index (Phi) is 4.23. The van der Waals surface area contributed by atoms with Crippen molar-refractivity contribution in [1.82, 2.24) is 4.98 Å². The molecule has 4 heteroatoms. The van der Waals surface area contributed by atoms with E-state index in [0.717, 1.165) is 12.8 Å². The minimum absolute atomic E-state index is 0.0111. The Morgan fingerprint density at radius 3 is 2.56 bits per heavy atom. The molecule has 1 aromatic rings. The number of hydrogen-bond donors (Lipinski definition) is 0. The molecule has 2 atom stereocenters. The normalized spacial score (nSPS) is 27.8. The maximum absolute atomic E-state index is 11.9. The first-order valence-corrected chi connectivity index (χ1v) is 6.76. The van der Waals surface area contributed by atoms with Crippen LogP contribution in [0.2, 0.25) is 5.15 Å². The highest BCUT2D eigenvalue weighted by Gasteiger charge is 2.27. The van der Waals surface area contributed by atoms with Crippen molar-refractivity contribution in [2.75, 3.05) is 0 Å². The van der Waals surface area contributed by atoms with Crippen LogP contribution in [0.15, 0.2) is 18.2 Å². The van der Waals surface area contributed by atoms with Crippen molar-refractivity contribution in [2.24, 2.45) is 11.8 Å². The molecule has 1 aliphatic rings. The van der Waals surface area contributed by atoms with Gasteiger partial charge in [0.25, 0.3) is 0 Å². The summed E-state index contributed by atoms with van der Waals surface area (Å²) in [4.78, 5) is 15.9. The molecule has 0 amide bonds. The Hall–Kier alpha value is -1.09. The number of rotatable bonds is 2. The molecule has 1 aromatic heterocycles. The van der Waals surface area contributed by atoms with Crippen LogP contribution in [-0.2, 0) is 4.74 Å². The Balaban J connectivity index is 1.99. The van der Waals surface area contributed by atoms with Crippen molar-refractivity contribution in [3.63, 3.8) is 0 Å². The largest absolute Gasteiger partial charge is 0.458 e. The second-order valence-electron chi connectivity index (χ2n) is 5.29. The van der Waals surface area contributed by atoms with Gasteiger partial charge in [-0.2, -0.15) is 0 Å². The number of carbonyl (C=O) groups excluding carboxylic acids is 1. The van der Waals surface area contributed by atoms with Crippen LogP contribution in [-0.4, -0.2) is 17.1 Å². The SMILES string of the molecule is CC1CC(C)CC(OC(=O)c2cccc(Cl)n2)C1. The summed E-state index contributed by atoms with van der Waals surface area (Å²) < 4.78 is 5.51. The fourth-order valence-corrected chi connectivity index (χ4v) is 2.87. The molecule has 0 aliphatic heterocycles. The molecule has 1 fully saturated rings. The molecule has 1 aliphatic carbocycles. The summed E-state index contributed by atoms with van der Waals surface area (Å²) in [6, 6.07) is 4.98. The van der Waals surface area contributed by atoms with Gasteiger partial charge in [-0.3, -0.25) is 0 Å². The lowest BCUT2D eigenvalue weighted by atomic mass is 9.82. The molecule has 0 N–H and O–H groups in total. The second-order valence-corrected chi connectivity index (χ2v) is 5.68. The van der Waals surface area contributed by atoms with E-state index in [0.29, 0.717) is 17.0 Å². The number of halogens is 1. The van der Waals surface area contributed by atoms with Gasteiger partial charge in [0.05, 0.1) is 0 Å². The highest BCUT2D eigenvalue weighted by atomic mass is 35.5. The molecule has 1 heterocycles. The quantitative estimate of drug-likeness (QED) is 0.606. The molecule has 3 nitrogen and oxygen atoms in total. The first-order valence-electron chi connectivity index (χ1n) is 6.38. The van der Waals surface area contributed by atoms with Gasteiger partial charge in [0.15, 0.2) is 0 Å². The monoisotopic (exact) mass is 267 g/mol. The Bertz CT molecular complexity index is 426. The third kappa shape index (κ3) is 3.45. The molecule has 0 saturated heterocycles. The molecule has 0 bridgehead atoms. The Morgan fingerprint density at radius 2 is 1.94 bits per heavy atom. The lowest BCUT2D eigenvalue weighted by Gasteiger charge is -2.30. The predicted octanol–water partition coefficient (Wildman–Crippen LogP) is 3.72. The minimum atomic E-state index is -0.371. The number of nitrogens with zero attached hydrogens (tertiary/aromatic N) is 1. The third-order valence-electron chi connectivity index (χ3n) is 3.33. The van der Waals surface area contributed by atoms with E-state index in [1.807, 2.05) is 0 Å². The van der Waals surface area contributed by atoms with E-state index in [1.54, 1.807) is 18.2 Å². The van der Waals surface area contributed by atoms with E-state index in [4.69, 9.17) is 16.3 Å². The molecule has 0 spiro atoms. The minimum Gasteiger partial charge on any atom is -0.458 e. The standard InChI is InChI=1S/C14H18ClNO2/c1-9-6-10(2)8-11(7-9)18-14(17)12-4-3-5-13(15)16-12/h3-5,9-11H,6-8H2,1-2H3. The van der Waals surface area contributed by atoms with Gasteiger partial charge >= 0.3 is 5.97 Å². The number of hydrogen-bond acceptors (Lipinski definition) is 3. The van der Waals surface area contributed by atoms with Crippen LogP contribution in [0.25, 0.3) is 0 Å². The second kappa shape index (κ2) is 5.70. The van der Waals surface area contributed by atoms with Crippen LogP contribution in [0, 0.1) is 11.8 Å². The maximum Gasteiger partial charge on any atom is 0.357 e. The third-order valence-corrected chi connectivity index (χ3v) is 3.54. The highest BCUT2D eigenvalue weighted by Crippen LogP contribution is 2.30. The smallest absolute Gasteiger partial charge is 0.357 e. The summed E-state index contributed by atoms with van der Waals surface area (Å²) in [6.07, 6.45) is 3.11. The zero-order valence-corrected chi connectivity index (χ0v) is 11.5. The lowest BCUT2D eigenvalue weighted by molar-refractivity contribution is 0.00745. The number of carbonyl (C=O) groups is 1. The Morgan fingerprint density at radius 1 is 1.28 bits per heavy atom. The van der Waals surface area contributed by atoms with E-state index in [2.05, 4.69) is 18.8 Å². The fourth-order valence-electron chi connectivity index (χ4n) is 2.70. The van der Waals surface area contributed by atoms with Crippen LogP contribution in [0.4, 0.5) is 0 Å². The summed E-state index contributed by atoms with van der Waals surface area (Å²) in [5.74, 6) is 0.849. The number of ether oxygens (including phenoxy) is 1. The summed E-state index contributed by atoms with van der Waals surface area (Å²) in [5.41, 5.74) is 0.286. The van der Waals surface area contributed by atoms with Crippen molar-refractivity contribution in [3.05, 3.63) is 29.0 Å². The van der Waals surface area contributed by atoms with Crippen LogP contribution in [0.5, 0.6) is 0 Å². The van der Waals surface area contributed by atoms with E-state index in [-0.39, 0.29) is 17.8 Å². The van der Waals surface area contributed by atoms with Crippen LogP contribution in [0.3, 0.4) is 0 Å². The van der Waals surface area contributed by atoms with E-state index < -0.39 is 0 Å². The van der Waals surface area contributed by atoms with Crippen LogP contribution in [0.1, 0.15) is 43.6 Å². The average molecular weight is 268 g/mol. The average Bonchev–Trinajstić information content (AvgIpc) is 2.27. The van der Waals surface area contributed by atoms with Gasteiger partial charge in [-0.25, -0.2) is 9.78 Å². The number of pyridine rings is 1. The fraction of sp³-hybridized carbons (Fsp3) is 0.571. The zero-order valence-electron chi connectivity index (χ0n) is 10.7. The van der Waals surface area contributed by atoms with Crippen molar-refractivity contribution >= 4 is 17.6 Å². The van der Waals surface area contributed by atoms with E-state index in [1.165, 1.54) is 6.42 Å². The number of aromatic nitrogens is 1. The van der Waals surface area contributed by atoms with Crippen molar-refractivity contribution in [3.8, 4) is 0 Å². The molecule has 2 rings (SSSR count). The molecule has 0 radical (unpaired) electrons. The highest BCUT2D eigenvalue weighted by molar-refractivity contribution is 6.29. The Labute approximate surface area is 113 Å². The van der Waals surface area contributed by atoms with Gasteiger partial charge in [-0.1, -0.05) is 31.5 Å². The first-order chi connectivity index (χ1) is 8.54. The summed E-state index contributed by atoms with van der Waals surface area (Å²) in [7, 11) is 0. The van der Waals surface area contributed by atoms with Crippen molar-refractivity contribution in [1.29, 1.82) is 0 Å². The molecular weight excluding hydrogens is 250 g/mol. The van der Waals surface area contributed by atoms with E-state index in [9.17, 15) is 4.79 Å². The molecule has 2 unspecified atom stereocenters. The summed E-state index contributed by atoms with van der Waals surface area (Å²) >= 11 is 5.76. The van der Waals surface area contributed by atoms with Gasteiger partial charge in [0.2, 0.25) is 0 Å². The predicted molar refractivity (Wildman–Crippen MR) is 70.6 cm³/mol. The lowest BCUT2D eigenvalue weighted by Crippen LogP contribution is -2.28. The van der Waals surface area contributed by atoms with Crippen molar-refractivity contribution in [2.45, 2.75) is 39.2 Å². The van der Waals surface area contributed by atoms with Gasteiger partial charge in [0.1, 0.15) is 17.0 Å². The van der Waals surface area contributed by atoms with Crippen molar-refractivity contribution < 1.29 is 9.53 Å². The van der Waals surface area contributed by atoms with Crippen LogP contribution >= 0.6 is 11.6 Å². The zero-order chi connectivity index (χ0) is 13.1. The van der Waals surface area contributed by atoms with Gasteiger partial charge in [-0.05, 0) is 43.2 Å². The first kappa shape index (κ1) is 13.3. The van der Waals surface area contributed by atoms with Gasteiger partial charge < -0.3 is 4.74 Å². The van der Waals surface area contributed by atoms with E-state index >= 15 is 0 Å². The topological polar surface area (TPSA) is 39.2 Å². The molecule has 18 heavy (non-hydrogen) atoms. The van der Waals surface area contributed by atoms with Gasteiger partial charge in [-0.15, -0.1) is 0 Å². The summed E-state index contributed by atoms with van der Waals surface area (Å²) in [5, 5.41) is 0.315. The van der Waals surface area contributed by atoms with Crippen LogP contribution < -0.4 is 0 Å². The maximum atomic E-state index is 11.9. The molecular formula is C14H18ClNO2. The molecule has 98 valence electrons.